The fourth-order valence-corrected chi connectivity index (χ4v) is 3.16. The molecule has 1 aromatic carbocycles. The van der Waals surface area contributed by atoms with Gasteiger partial charge in [-0.15, -0.1) is 0 Å². The summed E-state index contributed by atoms with van der Waals surface area (Å²) in [5, 5.41) is 9.41. The quantitative estimate of drug-likeness (QED) is 0.785. The number of ether oxygens (including phenoxy) is 1. The summed E-state index contributed by atoms with van der Waals surface area (Å²) in [6.45, 7) is 4.54. The van der Waals surface area contributed by atoms with Crippen LogP contribution in [0.4, 0.5) is 4.79 Å². The highest BCUT2D eigenvalue weighted by atomic mass is 16.5. The zero-order valence-corrected chi connectivity index (χ0v) is 13.6. The Morgan fingerprint density at radius 3 is 2.70 bits per heavy atom. The maximum atomic E-state index is 11.4. The van der Waals surface area contributed by atoms with E-state index in [0.29, 0.717) is 13.2 Å². The molecule has 1 heterocycles. The van der Waals surface area contributed by atoms with E-state index in [-0.39, 0.29) is 6.04 Å². The van der Waals surface area contributed by atoms with Crippen LogP contribution in [0.3, 0.4) is 0 Å². The molecule has 2 fully saturated rings. The summed E-state index contributed by atoms with van der Waals surface area (Å²) >= 11 is 0. The van der Waals surface area contributed by atoms with Gasteiger partial charge < -0.3 is 14.7 Å². The largest absolute Gasteiger partial charge is 0.465 e. The molecule has 1 aliphatic carbocycles. The molecule has 1 saturated carbocycles. The highest BCUT2D eigenvalue weighted by Crippen LogP contribution is 2.28. The molecule has 2 aliphatic rings. The lowest BCUT2D eigenvalue weighted by molar-refractivity contribution is 0.0404. The van der Waals surface area contributed by atoms with E-state index >= 15 is 0 Å². The number of amides is 1. The molecule has 5 heteroatoms. The highest BCUT2D eigenvalue weighted by molar-refractivity contribution is 5.65. The third-order valence-electron chi connectivity index (χ3n) is 4.71. The number of piperazine rings is 1. The van der Waals surface area contributed by atoms with Crippen molar-refractivity contribution in [2.45, 2.75) is 31.8 Å². The molecule has 1 aromatic rings. The number of hydrogen-bond acceptors (Lipinski definition) is 3. The van der Waals surface area contributed by atoms with E-state index in [1.165, 1.54) is 18.4 Å². The molecular formula is C18H26N2O3. The van der Waals surface area contributed by atoms with Gasteiger partial charge in [-0.3, -0.25) is 4.90 Å². The summed E-state index contributed by atoms with van der Waals surface area (Å²) in [5.74, 6) is 0.756. The van der Waals surface area contributed by atoms with Gasteiger partial charge in [0, 0.05) is 45.4 Å². The van der Waals surface area contributed by atoms with Crippen molar-refractivity contribution in [3.8, 4) is 0 Å². The molecule has 0 aromatic heterocycles. The van der Waals surface area contributed by atoms with Crippen molar-refractivity contribution in [1.82, 2.24) is 9.80 Å². The average molecular weight is 318 g/mol. The zero-order valence-electron chi connectivity index (χ0n) is 13.6. The van der Waals surface area contributed by atoms with Crippen LogP contribution >= 0.6 is 0 Å². The Hall–Kier alpha value is -1.59. The van der Waals surface area contributed by atoms with E-state index in [1.54, 1.807) is 4.90 Å². The predicted molar refractivity (Wildman–Crippen MR) is 88.4 cm³/mol. The lowest BCUT2D eigenvalue weighted by atomic mass is 10.1. The van der Waals surface area contributed by atoms with Crippen LogP contribution in [0, 0.1) is 5.92 Å². The number of hydrogen-bond donors (Lipinski definition) is 1. The van der Waals surface area contributed by atoms with Gasteiger partial charge in [0.05, 0.1) is 0 Å². The first-order chi connectivity index (χ1) is 11.2. The van der Waals surface area contributed by atoms with Gasteiger partial charge in [-0.05, 0) is 30.7 Å². The summed E-state index contributed by atoms with van der Waals surface area (Å²) in [5.41, 5.74) is 1.28. The first-order valence-corrected chi connectivity index (χ1v) is 8.56. The molecule has 0 bridgehead atoms. The smallest absolute Gasteiger partial charge is 0.407 e. The molecule has 23 heavy (non-hydrogen) atoms. The van der Waals surface area contributed by atoms with Gasteiger partial charge in [0.2, 0.25) is 0 Å². The summed E-state index contributed by atoms with van der Waals surface area (Å²) in [7, 11) is 0. The number of rotatable bonds is 7. The van der Waals surface area contributed by atoms with Crippen molar-refractivity contribution in [2.75, 3.05) is 32.8 Å². The summed E-state index contributed by atoms with van der Waals surface area (Å²) in [4.78, 5) is 15.4. The van der Waals surface area contributed by atoms with Gasteiger partial charge >= 0.3 is 6.09 Å². The fourth-order valence-electron chi connectivity index (χ4n) is 3.16. The van der Waals surface area contributed by atoms with Crippen molar-refractivity contribution in [1.29, 1.82) is 0 Å². The van der Waals surface area contributed by atoms with Gasteiger partial charge in [0.1, 0.15) is 0 Å². The summed E-state index contributed by atoms with van der Waals surface area (Å²) in [6, 6.07) is 10.4. The third-order valence-corrected chi connectivity index (χ3v) is 4.71. The monoisotopic (exact) mass is 318 g/mol. The second-order valence-corrected chi connectivity index (χ2v) is 6.66. The van der Waals surface area contributed by atoms with E-state index in [9.17, 15) is 9.90 Å². The summed E-state index contributed by atoms with van der Waals surface area (Å²) < 4.78 is 5.70. The molecule has 3 rings (SSSR count). The van der Waals surface area contributed by atoms with Gasteiger partial charge in [-0.2, -0.15) is 0 Å². The molecule has 126 valence electrons. The topological polar surface area (TPSA) is 53.0 Å². The minimum Gasteiger partial charge on any atom is -0.465 e. The van der Waals surface area contributed by atoms with Crippen LogP contribution in [0.25, 0.3) is 0 Å². The second-order valence-electron chi connectivity index (χ2n) is 6.66. The Labute approximate surface area is 137 Å². The maximum Gasteiger partial charge on any atom is 0.407 e. The standard InChI is InChI=1S/C18H26N2O3/c21-18(22)20-10-9-19(12-15-4-2-1-3-5-15)13-17(20)8-11-23-14-16-6-7-16/h1-5,16-17H,6-14H2,(H,21,22)/t17-/m1/s1. The van der Waals surface area contributed by atoms with Gasteiger partial charge in [-0.25, -0.2) is 4.79 Å². The van der Waals surface area contributed by atoms with Crippen molar-refractivity contribution in [3.05, 3.63) is 35.9 Å². The van der Waals surface area contributed by atoms with Crippen LogP contribution in [0.5, 0.6) is 0 Å². The Balaban J connectivity index is 1.50. The van der Waals surface area contributed by atoms with Crippen LogP contribution in [0.2, 0.25) is 0 Å². The molecule has 1 saturated heterocycles. The van der Waals surface area contributed by atoms with Crippen molar-refractivity contribution >= 4 is 6.09 Å². The van der Waals surface area contributed by atoms with Crippen LogP contribution < -0.4 is 0 Å². The molecule has 0 radical (unpaired) electrons. The Bertz CT molecular complexity index is 504. The first-order valence-electron chi connectivity index (χ1n) is 8.56. The van der Waals surface area contributed by atoms with E-state index in [0.717, 1.165) is 38.6 Å². The first kappa shape index (κ1) is 16.3. The normalized spacial score (nSPS) is 22.3. The van der Waals surface area contributed by atoms with E-state index in [4.69, 9.17) is 4.74 Å². The predicted octanol–water partition coefficient (Wildman–Crippen LogP) is 2.67. The van der Waals surface area contributed by atoms with E-state index in [2.05, 4.69) is 17.0 Å². The third kappa shape index (κ3) is 4.94. The number of carbonyl (C=O) groups is 1. The minimum absolute atomic E-state index is 0.0316. The van der Waals surface area contributed by atoms with Gasteiger partial charge in [0.25, 0.3) is 0 Å². The maximum absolute atomic E-state index is 11.4. The minimum atomic E-state index is -0.809. The van der Waals surface area contributed by atoms with Gasteiger partial charge in [-0.1, -0.05) is 30.3 Å². The Morgan fingerprint density at radius 1 is 1.22 bits per heavy atom. The van der Waals surface area contributed by atoms with Crippen LogP contribution in [0.15, 0.2) is 30.3 Å². The molecular weight excluding hydrogens is 292 g/mol. The lowest BCUT2D eigenvalue weighted by Gasteiger charge is -2.40. The van der Waals surface area contributed by atoms with Crippen LogP contribution in [-0.2, 0) is 11.3 Å². The van der Waals surface area contributed by atoms with Crippen molar-refractivity contribution < 1.29 is 14.6 Å². The van der Waals surface area contributed by atoms with Crippen LogP contribution in [0.1, 0.15) is 24.8 Å². The molecule has 0 spiro atoms. The number of benzene rings is 1. The molecule has 1 amide bonds. The molecule has 0 unspecified atom stereocenters. The summed E-state index contributed by atoms with van der Waals surface area (Å²) in [6.07, 6.45) is 2.55. The van der Waals surface area contributed by atoms with Gasteiger partial charge in [0.15, 0.2) is 0 Å². The van der Waals surface area contributed by atoms with E-state index < -0.39 is 6.09 Å². The Kier molecular flexibility index (Phi) is 5.51. The number of carboxylic acid groups (broad SMARTS) is 1. The highest BCUT2D eigenvalue weighted by Gasteiger charge is 2.30. The lowest BCUT2D eigenvalue weighted by Crippen LogP contribution is -2.54. The molecule has 1 aliphatic heterocycles. The zero-order chi connectivity index (χ0) is 16.1. The fraction of sp³-hybridized carbons (Fsp3) is 0.611. The average Bonchev–Trinajstić information content (AvgIpc) is 3.37. The molecule has 5 nitrogen and oxygen atoms in total. The molecule has 1 N–H and O–H groups in total. The molecule has 1 atom stereocenters. The van der Waals surface area contributed by atoms with E-state index in [1.807, 2.05) is 18.2 Å². The van der Waals surface area contributed by atoms with Crippen LogP contribution in [-0.4, -0.2) is 59.9 Å². The second kappa shape index (κ2) is 7.79. The SMILES string of the molecule is O=C(O)N1CCN(Cc2ccccc2)C[C@H]1CCOCC1CC1. The van der Waals surface area contributed by atoms with Crippen molar-refractivity contribution in [3.63, 3.8) is 0 Å². The van der Waals surface area contributed by atoms with Crippen molar-refractivity contribution in [2.24, 2.45) is 5.92 Å². The number of nitrogens with zero attached hydrogens (tertiary/aromatic N) is 2. The Morgan fingerprint density at radius 2 is 2.00 bits per heavy atom.